The minimum absolute atomic E-state index is 0.107. The molecule has 0 aliphatic heterocycles. The van der Waals surface area contributed by atoms with Gasteiger partial charge in [-0.1, -0.05) is 25.4 Å². The van der Waals surface area contributed by atoms with Crippen LogP contribution in [-0.4, -0.2) is 11.1 Å². The van der Waals surface area contributed by atoms with Crippen LogP contribution in [0.2, 0.25) is 5.02 Å². The van der Waals surface area contributed by atoms with Crippen molar-refractivity contribution < 1.29 is 9.90 Å². The Morgan fingerprint density at radius 2 is 2.29 bits per heavy atom. The second-order valence-corrected chi connectivity index (χ2v) is 6.46. The van der Waals surface area contributed by atoms with Gasteiger partial charge in [-0.25, -0.2) is 0 Å². The van der Waals surface area contributed by atoms with Crippen LogP contribution in [0.5, 0.6) is 0 Å². The summed E-state index contributed by atoms with van der Waals surface area (Å²) in [5, 5.41) is 9.39. The van der Waals surface area contributed by atoms with E-state index >= 15 is 0 Å². The normalized spacial score (nSPS) is 11.7. The molecule has 5 heteroatoms. The van der Waals surface area contributed by atoms with Gasteiger partial charge in [0.15, 0.2) is 0 Å². The van der Waals surface area contributed by atoms with Gasteiger partial charge >= 0.3 is 5.97 Å². The lowest BCUT2D eigenvalue weighted by atomic mass is 9.88. The summed E-state index contributed by atoms with van der Waals surface area (Å²) in [7, 11) is 0. The molecule has 1 aromatic heterocycles. The minimum Gasteiger partial charge on any atom is -0.481 e. The standard InChI is InChI=1S/C9H10BrClO2S/c1-9(2,4-7(12)13)6-3-5(11)8(10)14-6/h3H,4H2,1-2H3,(H,12,13). The number of hydrogen-bond donors (Lipinski definition) is 1. The third kappa shape index (κ3) is 2.72. The Morgan fingerprint density at radius 1 is 1.71 bits per heavy atom. The molecular formula is C9H10BrClO2S. The molecule has 0 radical (unpaired) electrons. The summed E-state index contributed by atoms with van der Waals surface area (Å²) in [6.45, 7) is 3.80. The van der Waals surface area contributed by atoms with Gasteiger partial charge in [0, 0.05) is 10.3 Å². The van der Waals surface area contributed by atoms with Crippen molar-refractivity contribution in [3.8, 4) is 0 Å². The van der Waals surface area contributed by atoms with Crippen LogP contribution in [0.25, 0.3) is 0 Å². The van der Waals surface area contributed by atoms with Gasteiger partial charge in [0.25, 0.3) is 0 Å². The van der Waals surface area contributed by atoms with Crippen LogP contribution in [0.1, 0.15) is 25.1 Å². The first kappa shape index (κ1) is 12.0. The van der Waals surface area contributed by atoms with E-state index in [1.807, 2.05) is 19.9 Å². The summed E-state index contributed by atoms with van der Waals surface area (Å²) in [6.07, 6.45) is 0.107. The molecule has 1 aromatic rings. The largest absolute Gasteiger partial charge is 0.481 e. The molecule has 78 valence electrons. The first-order valence-corrected chi connectivity index (χ1v) is 5.99. The smallest absolute Gasteiger partial charge is 0.304 e. The van der Waals surface area contributed by atoms with Crippen LogP contribution in [0.15, 0.2) is 9.85 Å². The zero-order valence-corrected chi connectivity index (χ0v) is 11.0. The molecule has 1 heterocycles. The topological polar surface area (TPSA) is 37.3 Å². The number of carboxylic acid groups (broad SMARTS) is 1. The Balaban J connectivity index is 2.97. The van der Waals surface area contributed by atoms with Crippen LogP contribution in [0.4, 0.5) is 0 Å². The second kappa shape index (κ2) is 4.21. The van der Waals surface area contributed by atoms with E-state index in [-0.39, 0.29) is 11.8 Å². The van der Waals surface area contributed by atoms with E-state index in [1.165, 1.54) is 11.3 Å². The summed E-state index contributed by atoms with van der Waals surface area (Å²) in [6, 6.07) is 1.82. The number of hydrogen-bond acceptors (Lipinski definition) is 2. The highest BCUT2D eigenvalue weighted by Gasteiger charge is 2.26. The quantitative estimate of drug-likeness (QED) is 0.918. The summed E-state index contributed by atoms with van der Waals surface area (Å²) in [5.41, 5.74) is -0.369. The van der Waals surface area contributed by atoms with Crippen molar-refractivity contribution in [3.63, 3.8) is 0 Å². The van der Waals surface area contributed by atoms with Gasteiger partial charge in [-0.15, -0.1) is 11.3 Å². The van der Waals surface area contributed by atoms with Crippen molar-refractivity contribution in [2.75, 3.05) is 0 Å². The fourth-order valence-electron chi connectivity index (χ4n) is 1.15. The average Bonchev–Trinajstić information content (AvgIpc) is 2.30. The average molecular weight is 298 g/mol. The Kier molecular flexibility index (Phi) is 3.61. The maximum Gasteiger partial charge on any atom is 0.304 e. The lowest BCUT2D eigenvalue weighted by Crippen LogP contribution is -2.20. The van der Waals surface area contributed by atoms with E-state index in [1.54, 1.807) is 0 Å². The van der Waals surface area contributed by atoms with Crippen LogP contribution in [0.3, 0.4) is 0 Å². The molecule has 2 nitrogen and oxygen atoms in total. The molecule has 14 heavy (non-hydrogen) atoms. The highest BCUT2D eigenvalue weighted by atomic mass is 79.9. The summed E-state index contributed by atoms with van der Waals surface area (Å²) in [4.78, 5) is 11.6. The van der Waals surface area contributed by atoms with E-state index in [4.69, 9.17) is 16.7 Å². The highest BCUT2D eigenvalue weighted by Crippen LogP contribution is 2.39. The van der Waals surface area contributed by atoms with Crippen molar-refractivity contribution in [1.29, 1.82) is 0 Å². The van der Waals surface area contributed by atoms with Gasteiger partial charge in [0.05, 0.1) is 15.2 Å². The number of halogens is 2. The van der Waals surface area contributed by atoms with E-state index in [2.05, 4.69) is 15.9 Å². The fourth-order valence-corrected chi connectivity index (χ4v) is 2.95. The van der Waals surface area contributed by atoms with E-state index in [9.17, 15) is 4.79 Å². The maximum atomic E-state index is 10.6. The number of thiophene rings is 1. The van der Waals surface area contributed by atoms with Gasteiger partial charge in [0.1, 0.15) is 0 Å². The van der Waals surface area contributed by atoms with E-state index < -0.39 is 5.97 Å². The summed E-state index contributed by atoms with van der Waals surface area (Å²) < 4.78 is 0.854. The zero-order valence-electron chi connectivity index (χ0n) is 7.80. The first-order valence-electron chi connectivity index (χ1n) is 4.00. The molecule has 0 saturated heterocycles. The monoisotopic (exact) mass is 296 g/mol. The van der Waals surface area contributed by atoms with Gasteiger partial charge in [-0.05, 0) is 22.0 Å². The Morgan fingerprint density at radius 3 is 2.64 bits per heavy atom. The fraction of sp³-hybridized carbons (Fsp3) is 0.444. The first-order chi connectivity index (χ1) is 6.33. The Labute approximate surface area is 100 Å². The molecule has 0 aromatic carbocycles. The Hall–Kier alpha value is -0.0600. The summed E-state index contributed by atoms with van der Waals surface area (Å²) in [5.74, 6) is -0.796. The van der Waals surface area contributed by atoms with Crippen molar-refractivity contribution >= 4 is 44.8 Å². The third-order valence-corrected chi connectivity index (χ3v) is 4.75. The van der Waals surface area contributed by atoms with Gasteiger partial charge in [0.2, 0.25) is 0 Å². The van der Waals surface area contributed by atoms with Crippen LogP contribution >= 0.6 is 38.9 Å². The van der Waals surface area contributed by atoms with Crippen LogP contribution < -0.4 is 0 Å². The minimum atomic E-state index is -0.796. The molecule has 0 fully saturated rings. The lowest BCUT2D eigenvalue weighted by Gasteiger charge is -2.20. The number of rotatable bonds is 3. The second-order valence-electron chi connectivity index (χ2n) is 3.69. The molecule has 0 aliphatic rings. The third-order valence-electron chi connectivity index (χ3n) is 1.91. The van der Waals surface area contributed by atoms with Crippen LogP contribution in [-0.2, 0) is 10.2 Å². The van der Waals surface area contributed by atoms with Crippen molar-refractivity contribution in [1.82, 2.24) is 0 Å². The molecule has 1 rings (SSSR count). The van der Waals surface area contributed by atoms with Gasteiger partial charge in [-0.3, -0.25) is 4.79 Å². The molecular weight excluding hydrogens is 288 g/mol. The maximum absolute atomic E-state index is 10.6. The molecule has 0 aliphatic carbocycles. The Bertz CT molecular complexity index is 340. The predicted molar refractivity (Wildman–Crippen MR) is 62.3 cm³/mol. The molecule has 0 unspecified atom stereocenters. The number of carboxylic acids is 1. The lowest BCUT2D eigenvalue weighted by molar-refractivity contribution is -0.138. The molecule has 0 atom stereocenters. The molecule has 0 spiro atoms. The number of aliphatic carboxylic acids is 1. The highest BCUT2D eigenvalue weighted by molar-refractivity contribution is 9.11. The van der Waals surface area contributed by atoms with Gasteiger partial charge in [-0.2, -0.15) is 0 Å². The molecule has 0 bridgehead atoms. The van der Waals surface area contributed by atoms with Crippen LogP contribution in [0, 0.1) is 0 Å². The summed E-state index contributed by atoms with van der Waals surface area (Å²) >= 11 is 10.7. The SMILES string of the molecule is CC(C)(CC(=O)O)c1cc(Cl)c(Br)s1. The van der Waals surface area contributed by atoms with Gasteiger partial charge < -0.3 is 5.11 Å². The van der Waals surface area contributed by atoms with Crippen molar-refractivity contribution in [3.05, 3.63) is 19.8 Å². The zero-order chi connectivity index (χ0) is 10.9. The van der Waals surface area contributed by atoms with Crippen molar-refractivity contribution in [2.45, 2.75) is 25.7 Å². The molecule has 0 amide bonds. The van der Waals surface area contributed by atoms with E-state index in [0.29, 0.717) is 5.02 Å². The van der Waals surface area contributed by atoms with E-state index in [0.717, 1.165) is 8.66 Å². The van der Waals surface area contributed by atoms with Crippen molar-refractivity contribution in [2.24, 2.45) is 0 Å². The molecule has 1 N–H and O–H groups in total. The molecule has 0 saturated carbocycles. The predicted octanol–water partition coefficient (Wildman–Crippen LogP) is 3.92. The number of carbonyl (C=O) groups is 1.